The molecule has 1 aromatic carbocycles. The first kappa shape index (κ1) is 22.0. The van der Waals surface area contributed by atoms with Crippen molar-refractivity contribution in [3.63, 3.8) is 0 Å². The van der Waals surface area contributed by atoms with Crippen LogP contribution in [0, 0.1) is 0 Å². The van der Waals surface area contributed by atoms with Crippen LogP contribution in [-0.2, 0) is 9.84 Å². The van der Waals surface area contributed by atoms with E-state index in [2.05, 4.69) is 28.1 Å². The second-order valence-electron chi connectivity index (χ2n) is 6.76. The van der Waals surface area contributed by atoms with Crippen LogP contribution in [0.15, 0.2) is 70.3 Å². The number of hydrogen-bond acceptors (Lipinski definition) is 6. The molecule has 3 aromatic heterocycles. The van der Waals surface area contributed by atoms with Crippen LogP contribution in [0.2, 0.25) is 0 Å². The maximum Gasteiger partial charge on any atom is 0.181 e. The summed E-state index contributed by atoms with van der Waals surface area (Å²) in [6.45, 7) is 0. The van der Waals surface area contributed by atoms with E-state index in [1.165, 1.54) is 22.9 Å². The van der Waals surface area contributed by atoms with E-state index in [4.69, 9.17) is 4.74 Å². The third-order valence-corrected chi connectivity index (χ3v) is 9.42. The van der Waals surface area contributed by atoms with Crippen LogP contribution in [-0.4, -0.2) is 32.6 Å². The highest BCUT2D eigenvalue weighted by atomic mass is 32.3. The van der Waals surface area contributed by atoms with Crippen LogP contribution >= 0.6 is 34.4 Å². The highest BCUT2D eigenvalue weighted by Gasteiger charge is 2.17. The van der Waals surface area contributed by atoms with Crippen molar-refractivity contribution in [3.05, 3.63) is 75.2 Å². The molecule has 0 saturated carbocycles. The van der Waals surface area contributed by atoms with Crippen molar-refractivity contribution in [3.8, 4) is 32.6 Å². The van der Waals surface area contributed by atoms with Crippen molar-refractivity contribution >= 4 is 50.3 Å². The van der Waals surface area contributed by atoms with Gasteiger partial charge in [-0.05, 0) is 72.3 Å². The number of thiophene rings is 2. The molecule has 31 heavy (non-hydrogen) atoms. The molecule has 0 amide bonds. The van der Waals surface area contributed by atoms with Gasteiger partial charge in [0.15, 0.2) is 9.84 Å². The lowest BCUT2D eigenvalue weighted by molar-refractivity contribution is 0.415. The fraction of sp³-hybridized carbons (Fsp3) is 0.130. The number of rotatable bonds is 7. The Balaban J connectivity index is 1.83. The van der Waals surface area contributed by atoms with Gasteiger partial charge in [-0.25, -0.2) is 8.42 Å². The zero-order valence-corrected chi connectivity index (χ0v) is 20.5. The molecule has 0 atom stereocenters. The van der Waals surface area contributed by atoms with Crippen LogP contribution in [0.4, 0.5) is 0 Å². The summed E-state index contributed by atoms with van der Waals surface area (Å²) in [4.78, 5) is 3.16. The van der Waals surface area contributed by atoms with Crippen molar-refractivity contribution < 1.29 is 13.2 Å². The molecule has 0 saturated heterocycles. The van der Waals surface area contributed by atoms with Gasteiger partial charge in [0.25, 0.3) is 0 Å². The van der Waals surface area contributed by atoms with Crippen LogP contribution in [0.5, 0.6) is 5.75 Å². The molecule has 0 aliphatic rings. The maximum absolute atomic E-state index is 12.0. The monoisotopic (exact) mass is 487 g/mol. The Kier molecular flexibility index (Phi) is 6.43. The Bertz CT molecular complexity index is 1310. The quantitative estimate of drug-likeness (QED) is 0.293. The number of ether oxygens (including phenoxy) is 1. The summed E-state index contributed by atoms with van der Waals surface area (Å²) in [6.07, 6.45) is 4.77. The highest BCUT2D eigenvalue weighted by Crippen LogP contribution is 2.38. The molecule has 3 heterocycles. The molecule has 0 fully saturated rings. The molecule has 0 N–H and O–H groups in total. The minimum absolute atomic E-state index is 0.366. The lowest BCUT2D eigenvalue weighted by Crippen LogP contribution is -1.98. The second-order valence-corrected chi connectivity index (χ2v) is 11.9. The summed E-state index contributed by atoms with van der Waals surface area (Å²) < 4.78 is 31.9. The van der Waals surface area contributed by atoms with E-state index in [1.807, 2.05) is 42.5 Å². The van der Waals surface area contributed by atoms with E-state index >= 15 is 0 Å². The predicted octanol–water partition coefficient (Wildman–Crippen LogP) is 6.65. The van der Waals surface area contributed by atoms with Crippen molar-refractivity contribution in [2.24, 2.45) is 0 Å². The summed E-state index contributed by atoms with van der Waals surface area (Å²) >= 11 is 4.52. The normalized spacial score (nSPS) is 12.3. The van der Waals surface area contributed by atoms with Crippen LogP contribution in [0.1, 0.15) is 4.88 Å². The summed E-state index contributed by atoms with van der Waals surface area (Å²) in [7, 11) is -1.58. The molecule has 0 unspecified atom stereocenters. The van der Waals surface area contributed by atoms with E-state index in [0.29, 0.717) is 4.24 Å². The van der Waals surface area contributed by atoms with Gasteiger partial charge in [0.1, 0.15) is 9.99 Å². The summed E-state index contributed by atoms with van der Waals surface area (Å²) in [5.74, 6) is 0.809. The number of sulfone groups is 1. The molecular formula is C23H21NO3S4. The average molecular weight is 488 g/mol. The van der Waals surface area contributed by atoms with E-state index < -0.39 is 9.84 Å². The standard InChI is InChI=1S/C23H21NO3S4/c1-27-17-8-6-16(7-9-17)24-19(21-5-4-14-29-21)11-12-20(24)22-13-10-18(30-22)15-23(28-2)31(3,25)26/h4-15H,1-3H3/b23-15+. The SMILES string of the molecule is COc1ccc(-n2c(-c3cccs3)ccc2-c2ccc(/C=C(\SC)S(C)(=O)=O)s2)cc1. The van der Waals surface area contributed by atoms with Gasteiger partial charge in [-0.1, -0.05) is 6.07 Å². The second kappa shape index (κ2) is 9.08. The Morgan fingerprint density at radius 2 is 1.71 bits per heavy atom. The molecule has 0 radical (unpaired) electrons. The fourth-order valence-corrected chi connectivity index (χ4v) is 6.91. The van der Waals surface area contributed by atoms with E-state index in [9.17, 15) is 8.42 Å². The summed E-state index contributed by atoms with van der Waals surface area (Å²) in [5.41, 5.74) is 3.21. The van der Waals surface area contributed by atoms with Crippen LogP contribution < -0.4 is 4.74 Å². The van der Waals surface area contributed by atoms with Gasteiger partial charge in [-0.15, -0.1) is 34.4 Å². The minimum Gasteiger partial charge on any atom is -0.497 e. The van der Waals surface area contributed by atoms with Gasteiger partial charge >= 0.3 is 0 Å². The van der Waals surface area contributed by atoms with Crippen molar-refractivity contribution in [2.45, 2.75) is 0 Å². The number of hydrogen-bond donors (Lipinski definition) is 0. The first-order chi connectivity index (χ1) is 14.9. The Labute approximate surface area is 194 Å². The van der Waals surface area contributed by atoms with Gasteiger partial charge in [0.2, 0.25) is 0 Å². The number of aromatic nitrogens is 1. The minimum atomic E-state index is -3.24. The van der Waals surface area contributed by atoms with Crippen molar-refractivity contribution in [1.82, 2.24) is 4.57 Å². The average Bonchev–Trinajstić information content (AvgIpc) is 3.51. The van der Waals surface area contributed by atoms with E-state index in [0.717, 1.165) is 32.6 Å². The highest BCUT2D eigenvalue weighted by molar-refractivity contribution is 8.18. The van der Waals surface area contributed by atoms with E-state index in [1.54, 1.807) is 42.1 Å². The topological polar surface area (TPSA) is 48.3 Å². The largest absolute Gasteiger partial charge is 0.497 e. The third-order valence-electron chi connectivity index (χ3n) is 4.69. The van der Waals surface area contributed by atoms with Gasteiger partial charge in [-0.3, -0.25) is 0 Å². The molecule has 0 spiro atoms. The number of thioether (sulfide) groups is 1. The summed E-state index contributed by atoms with van der Waals surface area (Å²) in [6, 6.07) is 20.4. The van der Waals surface area contributed by atoms with Gasteiger partial charge in [0, 0.05) is 16.8 Å². The lowest BCUT2D eigenvalue weighted by atomic mass is 10.2. The van der Waals surface area contributed by atoms with Gasteiger partial charge in [-0.2, -0.15) is 0 Å². The molecular weight excluding hydrogens is 467 g/mol. The number of nitrogens with zero attached hydrogens (tertiary/aromatic N) is 1. The van der Waals surface area contributed by atoms with Gasteiger partial charge in [0.05, 0.1) is 28.3 Å². The Morgan fingerprint density at radius 3 is 2.29 bits per heavy atom. The molecule has 0 aliphatic heterocycles. The van der Waals surface area contributed by atoms with Crippen LogP contribution in [0.3, 0.4) is 0 Å². The fourth-order valence-electron chi connectivity index (χ4n) is 3.26. The molecule has 4 nitrogen and oxygen atoms in total. The van der Waals surface area contributed by atoms with Crippen molar-refractivity contribution in [1.29, 1.82) is 0 Å². The van der Waals surface area contributed by atoms with Crippen molar-refractivity contribution in [2.75, 3.05) is 19.6 Å². The smallest absolute Gasteiger partial charge is 0.181 e. The first-order valence-electron chi connectivity index (χ1n) is 9.36. The zero-order chi connectivity index (χ0) is 22.0. The van der Waals surface area contributed by atoms with Gasteiger partial charge < -0.3 is 9.30 Å². The maximum atomic E-state index is 12.0. The third kappa shape index (κ3) is 4.67. The predicted molar refractivity (Wildman–Crippen MR) is 135 cm³/mol. The Morgan fingerprint density at radius 1 is 1.00 bits per heavy atom. The molecule has 160 valence electrons. The molecule has 0 aliphatic carbocycles. The van der Waals surface area contributed by atoms with Crippen LogP contribution in [0.25, 0.3) is 32.9 Å². The number of methoxy groups -OCH3 is 1. The molecule has 8 heteroatoms. The van der Waals surface area contributed by atoms with E-state index in [-0.39, 0.29) is 0 Å². The Hall–Kier alpha value is -2.26. The lowest BCUT2D eigenvalue weighted by Gasteiger charge is -2.13. The molecule has 4 rings (SSSR count). The molecule has 0 bridgehead atoms. The summed E-state index contributed by atoms with van der Waals surface area (Å²) in [5, 5.41) is 2.07. The molecule has 4 aromatic rings. The first-order valence-corrected chi connectivity index (χ1v) is 14.2. The zero-order valence-electron chi connectivity index (χ0n) is 17.2. The number of benzene rings is 1.